The van der Waals surface area contributed by atoms with Crippen LogP contribution in [0.25, 0.3) is 0 Å². The molecule has 4 nitrogen and oxygen atoms in total. The van der Waals surface area contributed by atoms with E-state index in [1.165, 1.54) is 0 Å². The summed E-state index contributed by atoms with van der Waals surface area (Å²) < 4.78 is 0. The van der Waals surface area contributed by atoms with Gasteiger partial charge in [0.1, 0.15) is 0 Å². The lowest BCUT2D eigenvalue weighted by molar-refractivity contribution is 0.0683. The standard InChI is InChI=1S/C13H17NO3/c15-11-5-7-14(8-6-11)9-10-3-1-2-4-12(10)13(16)17/h1-4,11,15H,5-9H2,(H,16,17). The van der Waals surface area contributed by atoms with Gasteiger partial charge in [-0.2, -0.15) is 0 Å². The zero-order valence-electron chi connectivity index (χ0n) is 9.67. The van der Waals surface area contributed by atoms with Crippen LogP contribution in [0.15, 0.2) is 24.3 Å². The molecule has 1 aromatic rings. The van der Waals surface area contributed by atoms with Crippen LogP contribution in [0.1, 0.15) is 28.8 Å². The molecule has 0 saturated carbocycles. The smallest absolute Gasteiger partial charge is 0.336 e. The molecule has 0 bridgehead atoms. The summed E-state index contributed by atoms with van der Waals surface area (Å²) in [5, 5.41) is 18.5. The highest BCUT2D eigenvalue weighted by molar-refractivity contribution is 5.89. The van der Waals surface area contributed by atoms with Crippen LogP contribution in [0.5, 0.6) is 0 Å². The van der Waals surface area contributed by atoms with E-state index in [-0.39, 0.29) is 6.10 Å². The van der Waals surface area contributed by atoms with Crippen LogP contribution < -0.4 is 0 Å². The largest absolute Gasteiger partial charge is 0.478 e. The molecule has 1 heterocycles. The van der Waals surface area contributed by atoms with Crippen LogP contribution in [0.3, 0.4) is 0 Å². The van der Waals surface area contributed by atoms with E-state index >= 15 is 0 Å². The molecular formula is C13H17NO3. The fourth-order valence-electron chi connectivity index (χ4n) is 2.19. The fraction of sp³-hybridized carbons (Fsp3) is 0.462. The molecule has 0 atom stereocenters. The number of aliphatic hydroxyl groups excluding tert-OH is 1. The van der Waals surface area contributed by atoms with E-state index in [9.17, 15) is 9.90 Å². The second kappa shape index (κ2) is 5.29. The van der Waals surface area contributed by atoms with Crippen molar-refractivity contribution in [3.05, 3.63) is 35.4 Å². The first-order valence-electron chi connectivity index (χ1n) is 5.88. The highest BCUT2D eigenvalue weighted by Gasteiger charge is 2.18. The van der Waals surface area contributed by atoms with E-state index in [0.717, 1.165) is 31.5 Å². The Morgan fingerprint density at radius 1 is 1.29 bits per heavy atom. The normalized spacial score (nSPS) is 18.2. The number of carboxylic acid groups (broad SMARTS) is 1. The molecule has 0 unspecified atom stereocenters. The number of benzene rings is 1. The predicted octanol–water partition coefficient (Wildman–Crippen LogP) is 1.34. The second-order valence-electron chi connectivity index (χ2n) is 4.47. The molecule has 1 aliphatic heterocycles. The Morgan fingerprint density at radius 2 is 1.94 bits per heavy atom. The molecule has 1 saturated heterocycles. The second-order valence-corrected chi connectivity index (χ2v) is 4.47. The third-order valence-electron chi connectivity index (χ3n) is 3.20. The molecular weight excluding hydrogens is 218 g/mol. The molecule has 1 fully saturated rings. The van der Waals surface area contributed by atoms with E-state index in [2.05, 4.69) is 4.90 Å². The zero-order valence-corrected chi connectivity index (χ0v) is 9.67. The van der Waals surface area contributed by atoms with Crippen LogP contribution >= 0.6 is 0 Å². The Kier molecular flexibility index (Phi) is 3.76. The number of piperidine rings is 1. The maximum Gasteiger partial charge on any atom is 0.336 e. The van der Waals surface area contributed by atoms with Crippen molar-refractivity contribution in [2.45, 2.75) is 25.5 Å². The molecule has 0 aliphatic carbocycles. The number of hydrogen-bond acceptors (Lipinski definition) is 3. The Morgan fingerprint density at radius 3 is 2.59 bits per heavy atom. The lowest BCUT2D eigenvalue weighted by Gasteiger charge is -2.29. The summed E-state index contributed by atoms with van der Waals surface area (Å²) in [4.78, 5) is 13.2. The van der Waals surface area contributed by atoms with E-state index in [0.29, 0.717) is 12.1 Å². The molecule has 17 heavy (non-hydrogen) atoms. The summed E-state index contributed by atoms with van der Waals surface area (Å²) in [6, 6.07) is 7.10. The van der Waals surface area contributed by atoms with Gasteiger partial charge in [0.15, 0.2) is 0 Å². The van der Waals surface area contributed by atoms with Gasteiger partial charge >= 0.3 is 5.97 Å². The maximum atomic E-state index is 11.1. The average molecular weight is 235 g/mol. The number of hydrogen-bond donors (Lipinski definition) is 2. The Hall–Kier alpha value is -1.39. The summed E-state index contributed by atoms with van der Waals surface area (Å²) in [6.45, 7) is 2.30. The highest BCUT2D eigenvalue weighted by atomic mass is 16.4. The number of aliphatic hydroxyl groups is 1. The highest BCUT2D eigenvalue weighted by Crippen LogP contribution is 2.16. The summed E-state index contributed by atoms with van der Waals surface area (Å²) in [7, 11) is 0. The average Bonchev–Trinajstić information content (AvgIpc) is 2.32. The van der Waals surface area contributed by atoms with Crippen LogP contribution in [0.2, 0.25) is 0 Å². The summed E-state index contributed by atoms with van der Waals surface area (Å²) in [5.41, 5.74) is 1.22. The minimum absolute atomic E-state index is 0.194. The van der Waals surface area contributed by atoms with Crippen molar-refractivity contribution < 1.29 is 15.0 Å². The van der Waals surface area contributed by atoms with Crippen molar-refractivity contribution in [1.29, 1.82) is 0 Å². The number of aromatic carboxylic acids is 1. The molecule has 0 aromatic heterocycles. The van der Waals surface area contributed by atoms with Crippen LogP contribution in [-0.2, 0) is 6.54 Å². The van der Waals surface area contributed by atoms with Gasteiger partial charge in [0.25, 0.3) is 0 Å². The first-order chi connectivity index (χ1) is 8.16. The van der Waals surface area contributed by atoms with E-state index in [4.69, 9.17) is 5.11 Å². The minimum Gasteiger partial charge on any atom is -0.478 e. The van der Waals surface area contributed by atoms with E-state index < -0.39 is 5.97 Å². The van der Waals surface area contributed by atoms with Gasteiger partial charge in [-0.05, 0) is 24.5 Å². The van der Waals surface area contributed by atoms with Crippen LogP contribution in [-0.4, -0.2) is 40.3 Å². The van der Waals surface area contributed by atoms with E-state index in [1.54, 1.807) is 12.1 Å². The number of carboxylic acids is 1. The van der Waals surface area contributed by atoms with Crippen molar-refractivity contribution >= 4 is 5.97 Å². The van der Waals surface area contributed by atoms with Gasteiger partial charge in [0.05, 0.1) is 11.7 Å². The number of nitrogens with zero attached hydrogens (tertiary/aromatic N) is 1. The summed E-state index contributed by atoms with van der Waals surface area (Å²) in [6.07, 6.45) is 1.35. The van der Waals surface area contributed by atoms with Crippen LogP contribution in [0, 0.1) is 0 Å². The van der Waals surface area contributed by atoms with Crippen molar-refractivity contribution in [2.75, 3.05) is 13.1 Å². The van der Waals surface area contributed by atoms with Gasteiger partial charge < -0.3 is 10.2 Å². The summed E-state index contributed by atoms with van der Waals surface area (Å²) >= 11 is 0. The molecule has 0 spiro atoms. The Labute approximate surface area is 100 Å². The van der Waals surface area contributed by atoms with Gasteiger partial charge in [-0.15, -0.1) is 0 Å². The van der Waals surface area contributed by atoms with Crippen molar-refractivity contribution in [3.63, 3.8) is 0 Å². The molecule has 1 aliphatic rings. The minimum atomic E-state index is -0.877. The Balaban J connectivity index is 2.05. The van der Waals surface area contributed by atoms with Crippen molar-refractivity contribution in [1.82, 2.24) is 4.90 Å². The van der Waals surface area contributed by atoms with Gasteiger partial charge in [-0.1, -0.05) is 18.2 Å². The Bertz CT molecular complexity index is 397. The van der Waals surface area contributed by atoms with Gasteiger partial charge in [-0.25, -0.2) is 4.79 Å². The number of rotatable bonds is 3. The third-order valence-corrected chi connectivity index (χ3v) is 3.20. The quantitative estimate of drug-likeness (QED) is 0.830. The lowest BCUT2D eigenvalue weighted by atomic mass is 10.0. The molecule has 1 aromatic carbocycles. The molecule has 2 N–H and O–H groups in total. The van der Waals surface area contributed by atoms with Gasteiger partial charge in [0.2, 0.25) is 0 Å². The third kappa shape index (κ3) is 3.05. The number of carbonyl (C=O) groups is 1. The van der Waals surface area contributed by atoms with Crippen molar-refractivity contribution in [3.8, 4) is 0 Å². The molecule has 0 radical (unpaired) electrons. The monoisotopic (exact) mass is 235 g/mol. The molecule has 0 amide bonds. The summed E-state index contributed by atoms with van der Waals surface area (Å²) in [5.74, 6) is -0.877. The SMILES string of the molecule is O=C(O)c1ccccc1CN1CCC(O)CC1. The fourth-order valence-corrected chi connectivity index (χ4v) is 2.19. The van der Waals surface area contributed by atoms with Crippen molar-refractivity contribution in [2.24, 2.45) is 0 Å². The predicted molar refractivity (Wildman–Crippen MR) is 63.9 cm³/mol. The molecule has 2 rings (SSSR count). The topological polar surface area (TPSA) is 60.8 Å². The first kappa shape index (κ1) is 12.1. The maximum absolute atomic E-state index is 11.1. The molecule has 4 heteroatoms. The van der Waals surface area contributed by atoms with E-state index in [1.807, 2.05) is 12.1 Å². The van der Waals surface area contributed by atoms with Gasteiger partial charge in [-0.3, -0.25) is 4.90 Å². The zero-order chi connectivity index (χ0) is 12.3. The van der Waals surface area contributed by atoms with Crippen LogP contribution in [0.4, 0.5) is 0 Å². The van der Waals surface area contributed by atoms with Gasteiger partial charge in [0, 0.05) is 19.6 Å². The first-order valence-corrected chi connectivity index (χ1v) is 5.88. The molecule has 92 valence electrons. The lowest BCUT2D eigenvalue weighted by Crippen LogP contribution is -2.35. The number of likely N-dealkylation sites (tertiary alicyclic amines) is 1.